The third-order valence-corrected chi connectivity index (χ3v) is 18.4. The van der Waals surface area contributed by atoms with E-state index in [0.29, 0.717) is 53.6 Å². The predicted octanol–water partition coefficient (Wildman–Crippen LogP) is 14.6. The molecule has 0 saturated heterocycles. The Morgan fingerprint density at radius 2 is 0.692 bits per heavy atom. The van der Waals surface area contributed by atoms with Crippen molar-refractivity contribution in [3.63, 3.8) is 0 Å². The summed E-state index contributed by atoms with van der Waals surface area (Å²) in [5.41, 5.74) is 2.18. The molecule has 8 atom stereocenters. The third-order valence-electron chi connectivity index (χ3n) is 18.4. The number of anilines is 12. The molecule has 104 heavy (non-hydrogen) atoms. The summed E-state index contributed by atoms with van der Waals surface area (Å²) in [5.74, 6) is -8.39. The topological polar surface area (TPSA) is 366 Å². The molecule has 0 aliphatic heterocycles. The molecular weight excluding hydrogens is 1370 g/mol. The van der Waals surface area contributed by atoms with Crippen LogP contribution in [0.25, 0.3) is 0 Å². The van der Waals surface area contributed by atoms with E-state index in [0.717, 1.165) is 89.1 Å². The Morgan fingerprint density at radius 3 is 0.942 bits per heavy atom. The third kappa shape index (κ3) is 17.0. The summed E-state index contributed by atoms with van der Waals surface area (Å²) in [6.45, 7) is 21.5. The van der Waals surface area contributed by atoms with Crippen molar-refractivity contribution >= 4 is 69.8 Å². The van der Waals surface area contributed by atoms with Gasteiger partial charge in [0.25, 0.3) is 17.8 Å². The molecule has 5 fully saturated rings. The number of aromatic nitrogens is 16. The van der Waals surface area contributed by atoms with Gasteiger partial charge in [-0.3, -0.25) is 18.7 Å². The number of rotatable bonds is 22. The van der Waals surface area contributed by atoms with Crippen molar-refractivity contribution in [2.24, 2.45) is 21.7 Å². The molecule has 4 unspecified atom stereocenters. The van der Waals surface area contributed by atoms with E-state index >= 15 is 0 Å². The molecule has 0 spiro atoms. The zero-order valence-corrected chi connectivity index (χ0v) is 59.5. The standard InChI is InChI=1S/C18H21F2N7.C17H21F2N7.C16H18F3N7.C16H19F2N7/c1-10-13(8-27(26-10)14-6-17(14,2)9-21)24-16-22-7-12(18(3,19)20)15(25-16)23-11-4-5-11;1-5-21-14-11(17(4,18)19)7-22-15(24-14)23-12-8-26(25-10(12)2)13-6-16(13,3)9-20;1-4-21-13-10(16(17,18)19)6-22-14(24-13)23-11-7-26(25-9(11)2)12-5-15(12,3)8-20;1-9-11(7-25(24-9)12-5-15(12,2)8-19)22-14-21-6-10(16(3,17)18)13(20-4)23-14/h7-8,11,14H,4-6H2,1-3H3,(H2,22,23,24,25);7-8,13H,5-6H2,1-4H3,(H2,21,22,23,24);6-7,12H,4-5H2,1-3H3,(H2,21,22,23,24);6-7,12H,5H2,1-4H3,(H2,20,21,22,23)/t14?,17-;13?,16-;2*12?,15-/m1011/s1. The van der Waals surface area contributed by atoms with Gasteiger partial charge in [-0.05, 0) is 108 Å². The number of nitrogens with zero attached hydrogens (tertiary/aromatic N) is 20. The molecule has 8 N–H and O–H groups in total. The Bertz CT molecular complexity index is 4520. The number of nitrogens with one attached hydrogen (secondary N) is 8. The SMILES string of the molecule is CCNc1nc(Nc2cn(C3C[C@@]3(C)C#N)nc2C)ncc1C(C)(F)F.CCNc1nc(Nc2cn(C3C[C@]3(C)C#N)nc2C)ncc1C(F)(F)F.CNc1nc(Nc2cn(C3C[C@]3(C)C#N)nc2C)ncc1C(C)(F)F.Cc1nn(C2C[C@]2(C)C#N)cc1Nc1ncc(C(C)(F)F)c(NC2CC2)n1. The van der Waals surface area contributed by atoms with Gasteiger partial charge in [-0.2, -0.15) is 74.5 Å². The van der Waals surface area contributed by atoms with Crippen molar-refractivity contribution in [2.75, 3.05) is 62.7 Å². The van der Waals surface area contributed by atoms with Crippen LogP contribution < -0.4 is 42.5 Å². The molecule has 28 nitrogen and oxygen atoms in total. The van der Waals surface area contributed by atoms with Gasteiger partial charge in [0.15, 0.2) is 0 Å². The van der Waals surface area contributed by atoms with Gasteiger partial charge in [0.1, 0.15) is 28.8 Å². The minimum atomic E-state index is -4.54. The average Bonchev–Trinajstić information content (AvgIpc) is 1.84. The number of aryl methyl sites for hydroxylation is 4. The van der Waals surface area contributed by atoms with Crippen LogP contribution in [0.5, 0.6) is 0 Å². The summed E-state index contributed by atoms with van der Waals surface area (Å²) in [6.07, 6.45) is 11.6. The molecule has 5 saturated carbocycles. The molecule has 0 aromatic carbocycles. The first-order chi connectivity index (χ1) is 48.7. The summed E-state index contributed by atoms with van der Waals surface area (Å²) >= 11 is 0. The van der Waals surface area contributed by atoms with Crippen LogP contribution >= 0.6 is 0 Å². The summed E-state index contributed by atoms with van der Waals surface area (Å²) in [6, 6.07) is 9.48. The van der Waals surface area contributed by atoms with Crippen molar-refractivity contribution in [3.05, 3.63) is 94.6 Å². The number of hydrogen-bond donors (Lipinski definition) is 8. The Balaban J connectivity index is 0.000000149. The van der Waals surface area contributed by atoms with Crippen LogP contribution in [0.15, 0.2) is 49.6 Å². The fourth-order valence-corrected chi connectivity index (χ4v) is 11.2. The molecule has 550 valence electrons. The van der Waals surface area contributed by atoms with Crippen LogP contribution in [-0.4, -0.2) is 105 Å². The van der Waals surface area contributed by atoms with Gasteiger partial charge >= 0.3 is 6.18 Å². The fraction of sp³-hybridized carbons (Fsp3) is 0.522. The second-order valence-corrected chi connectivity index (χ2v) is 27.6. The van der Waals surface area contributed by atoms with Crippen molar-refractivity contribution in [3.8, 4) is 24.3 Å². The van der Waals surface area contributed by atoms with E-state index in [9.17, 15) is 50.0 Å². The Labute approximate surface area is 593 Å². The lowest BCUT2D eigenvalue weighted by molar-refractivity contribution is -0.137. The predicted molar refractivity (Wildman–Crippen MR) is 367 cm³/mol. The summed E-state index contributed by atoms with van der Waals surface area (Å²) in [4.78, 5) is 32.3. The van der Waals surface area contributed by atoms with Gasteiger partial charge in [-0.15, -0.1) is 0 Å². The van der Waals surface area contributed by atoms with Crippen LogP contribution in [-0.2, 0) is 23.9 Å². The highest BCUT2D eigenvalue weighted by Gasteiger charge is 2.56. The highest BCUT2D eigenvalue weighted by atomic mass is 19.4. The summed E-state index contributed by atoms with van der Waals surface area (Å²) < 4.78 is 128. The van der Waals surface area contributed by atoms with Crippen LogP contribution in [0.4, 0.5) is 109 Å². The van der Waals surface area contributed by atoms with Gasteiger partial charge in [0.05, 0.1) is 132 Å². The van der Waals surface area contributed by atoms with Crippen molar-refractivity contribution in [2.45, 2.75) is 183 Å². The lowest BCUT2D eigenvalue weighted by Crippen LogP contribution is -2.16. The van der Waals surface area contributed by atoms with Gasteiger partial charge in [-0.25, -0.2) is 46.3 Å². The highest BCUT2D eigenvalue weighted by Crippen LogP contribution is 2.58. The normalized spacial score (nSPS) is 22.7. The minimum absolute atomic E-state index is 0.00686. The first kappa shape index (κ1) is 75.6. The smallest absolute Gasteiger partial charge is 0.373 e. The molecule has 8 aromatic heterocycles. The summed E-state index contributed by atoms with van der Waals surface area (Å²) in [5, 5.41) is 77.6. The maximum atomic E-state index is 13.8. The molecule has 5 aliphatic carbocycles. The molecular formula is C67H79F9N28. The monoisotopic (exact) mass is 1450 g/mol. The fourth-order valence-electron chi connectivity index (χ4n) is 11.2. The quantitative estimate of drug-likeness (QED) is 0.0292. The Kier molecular flexibility index (Phi) is 20.5. The van der Waals surface area contributed by atoms with Gasteiger partial charge in [0.2, 0.25) is 23.8 Å². The zero-order chi connectivity index (χ0) is 76.0. The number of hydrogen-bond acceptors (Lipinski definition) is 24. The van der Waals surface area contributed by atoms with E-state index in [1.807, 2.05) is 61.6 Å². The molecule has 8 heterocycles. The molecule has 13 rings (SSSR count). The van der Waals surface area contributed by atoms with Crippen LogP contribution in [0, 0.1) is 94.7 Å². The Morgan fingerprint density at radius 1 is 0.433 bits per heavy atom. The van der Waals surface area contributed by atoms with Crippen LogP contribution in [0.2, 0.25) is 0 Å². The van der Waals surface area contributed by atoms with E-state index < -0.39 is 40.3 Å². The maximum Gasteiger partial charge on any atom is 0.421 e. The average molecular weight is 1450 g/mol. The molecule has 0 radical (unpaired) electrons. The second-order valence-electron chi connectivity index (χ2n) is 27.6. The molecule has 8 aromatic rings. The Hall–Kier alpha value is -11.1. The van der Waals surface area contributed by atoms with Crippen molar-refractivity contribution < 1.29 is 39.5 Å². The van der Waals surface area contributed by atoms with Crippen LogP contribution in [0.1, 0.15) is 170 Å². The zero-order valence-electron chi connectivity index (χ0n) is 59.5. The number of alkyl halides is 9. The van der Waals surface area contributed by atoms with E-state index in [1.165, 1.54) is 7.05 Å². The first-order valence-corrected chi connectivity index (χ1v) is 33.3. The second kappa shape index (κ2) is 28.3. The molecule has 5 aliphatic rings. The lowest BCUT2D eigenvalue weighted by Gasteiger charge is -2.16. The van der Waals surface area contributed by atoms with E-state index in [4.69, 9.17) is 10.5 Å². The lowest BCUT2D eigenvalue weighted by atomic mass is 10.2. The van der Waals surface area contributed by atoms with Crippen molar-refractivity contribution in [1.29, 1.82) is 21.0 Å². The molecule has 0 amide bonds. The number of nitriles is 4. The van der Waals surface area contributed by atoms with Crippen LogP contribution in [0.3, 0.4) is 0 Å². The molecule has 0 bridgehead atoms. The molecule has 37 heteroatoms. The van der Waals surface area contributed by atoms with Crippen molar-refractivity contribution in [1.82, 2.24) is 79.0 Å². The van der Waals surface area contributed by atoms with E-state index in [-0.39, 0.29) is 105 Å². The minimum Gasteiger partial charge on any atom is -0.373 e. The van der Waals surface area contributed by atoms with Gasteiger partial charge in [-0.1, -0.05) is 0 Å². The van der Waals surface area contributed by atoms with E-state index in [2.05, 4.69) is 127 Å². The van der Waals surface area contributed by atoms with Gasteiger partial charge < -0.3 is 42.5 Å². The highest BCUT2D eigenvalue weighted by molar-refractivity contribution is 5.62. The maximum absolute atomic E-state index is 13.8. The van der Waals surface area contributed by atoms with E-state index in [1.54, 1.807) is 51.2 Å². The number of halogens is 9. The van der Waals surface area contributed by atoms with Gasteiger partial charge in [0, 0.05) is 96.5 Å². The first-order valence-electron chi connectivity index (χ1n) is 33.3. The largest absolute Gasteiger partial charge is 0.421 e. The summed E-state index contributed by atoms with van der Waals surface area (Å²) in [7, 11) is 1.53.